The number of alkyl halides is 3. The van der Waals surface area contributed by atoms with Gasteiger partial charge in [0.05, 0.1) is 11.5 Å². The smallest absolute Gasteiger partial charge is 0.390 e. The molecule has 4 heteroatoms. The average Bonchev–Trinajstić information content (AvgIpc) is 2.38. The summed E-state index contributed by atoms with van der Waals surface area (Å²) in [5.41, 5.74) is -0.819. The monoisotopic (exact) mass is 278 g/mol. The molecular formula is C15H25F3O. The van der Waals surface area contributed by atoms with Crippen molar-refractivity contribution in [1.82, 2.24) is 0 Å². The van der Waals surface area contributed by atoms with Crippen molar-refractivity contribution in [3.05, 3.63) is 0 Å². The van der Waals surface area contributed by atoms with Gasteiger partial charge in [0.15, 0.2) is 0 Å². The molecule has 0 aliphatic heterocycles. The van der Waals surface area contributed by atoms with Crippen molar-refractivity contribution in [2.24, 2.45) is 17.8 Å². The first-order valence-corrected chi connectivity index (χ1v) is 7.64. The molecule has 0 unspecified atom stereocenters. The molecule has 0 aromatic rings. The maximum atomic E-state index is 12.7. The van der Waals surface area contributed by atoms with Gasteiger partial charge in [0.2, 0.25) is 0 Å². The second-order valence-corrected chi connectivity index (χ2v) is 6.55. The van der Waals surface area contributed by atoms with E-state index in [1.165, 1.54) is 6.42 Å². The van der Waals surface area contributed by atoms with Gasteiger partial charge in [-0.25, -0.2) is 0 Å². The van der Waals surface area contributed by atoms with Gasteiger partial charge >= 0.3 is 6.18 Å². The van der Waals surface area contributed by atoms with Gasteiger partial charge in [0.1, 0.15) is 0 Å². The largest absolute Gasteiger partial charge is 0.391 e. The molecule has 19 heavy (non-hydrogen) atoms. The fourth-order valence-corrected chi connectivity index (χ4v) is 3.96. The highest BCUT2D eigenvalue weighted by Gasteiger charge is 2.48. The maximum Gasteiger partial charge on any atom is 0.391 e. The molecule has 0 amide bonds. The van der Waals surface area contributed by atoms with Crippen molar-refractivity contribution in [2.45, 2.75) is 76.5 Å². The van der Waals surface area contributed by atoms with Gasteiger partial charge in [-0.3, -0.25) is 0 Å². The van der Waals surface area contributed by atoms with Crippen LogP contribution in [0.25, 0.3) is 0 Å². The predicted molar refractivity (Wildman–Crippen MR) is 68.7 cm³/mol. The average molecular weight is 278 g/mol. The molecule has 1 N–H and O–H groups in total. The Kier molecular flexibility index (Phi) is 4.49. The van der Waals surface area contributed by atoms with Crippen molar-refractivity contribution in [3.8, 4) is 0 Å². The minimum absolute atomic E-state index is 0.105. The number of halogens is 3. The van der Waals surface area contributed by atoms with Gasteiger partial charge in [-0.1, -0.05) is 26.2 Å². The third kappa shape index (κ3) is 3.45. The summed E-state index contributed by atoms with van der Waals surface area (Å²) in [6, 6.07) is 0. The van der Waals surface area contributed by atoms with E-state index in [9.17, 15) is 18.3 Å². The third-order valence-electron chi connectivity index (χ3n) is 5.50. The van der Waals surface area contributed by atoms with Crippen LogP contribution in [0.4, 0.5) is 13.2 Å². The Morgan fingerprint density at radius 2 is 1.53 bits per heavy atom. The lowest BCUT2D eigenvalue weighted by Crippen LogP contribution is -2.45. The molecule has 2 rings (SSSR count). The molecular weight excluding hydrogens is 253 g/mol. The number of rotatable bonds is 2. The molecule has 2 fully saturated rings. The van der Waals surface area contributed by atoms with Crippen LogP contribution in [0.15, 0.2) is 0 Å². The van der Waals surface area contributed by atoms with Crippen LogP contribution in [0, 0.1) is 17.8 Å². The van der Waals surface area contributed by atoms with Gasteiger partial charge in [0, 0.05) is 0 Å². The summed E-state index contributed by atoms with van der Waals surface area (Å²) in [6.45, 7) is 2.19. The van der Waals surface area contributed by atoms with Crippen molar-refractivity contribution in [2.75, 3.05) is 0 Å². The Morgan fingerprint density at radius 1 is 1.00 bits per heavy atom. The number of hydrogen-bond donors (Lipinski definition) is 1. The van der Waals surface area contributed by atoms with Gasteiger partial charge in [-0.05, 0) is 50.4 Å². The third-order valence-corrected chi connectivity index (χ3v) is 5.50. The van der Waals surface area contributed by atoms with Gasteiger partial charge < -0.3 is 5.11 Å². The molecule has 112 valence electrons. The Bertz CT molecular complexity index is 284. The summed E-state index contributed by atoms with van der Waals surface area (Å²) in [6.07, 6.45) is 2.22. The van der Waals surface area contributed by atoms with E-state index in [4.69, 9.17) is 0 Å². The molecule has 0 radical (unpaired) electrons. The summed E-state index contributed by atoms with van der Waals surface area (Å²) in [7, 11) is 0. The Hall–Kier alpha value is -0.250. The first-order valence-electron chi connectivity index (χ1n) is 7.64. The normalized spacial score (nSPS) is 41.2. The fourth-order valence-electron chi connectivity index (χ4n) is 3.96. The van der Waals surface area contributed by atoms with Crippen LogP contribution >= 0.6 is 0 Å². The van der Waals surface area contributed by atoms with E-state index >= 15 is 0 Å². The van der Waals surface area contributed by atoms with E-state index < -0.39 is 17.7 Å². The van der Waals surface area contributed by atoms with Crippen LogP contribution in [0.2, 0.25) is 0 Å². The molecule has 0 aromatic heterocycles. The SMILES string of the molecule is CCC1CCC(C2(O)CCC(C(F)(F)F)CC2)CC1. The van der Waals surface area contributed by atoms with Crippen LogP contribution in [-0.4, -0.2) is 16.9 Å². The topological polar surface area (TPSA) is 20.2 Å². The van der Waals surface area contributed by atoms with Crippen LogP contribution in [-0.2, 0) is 0 Å². The summed E-state index contributed by atoms with van der Waals surface area (Å²) in [5.74, 6) is -0.212. The highest BCUT2D eigenvalue weighted by molar-refractivity contribution is 4.94. The van der Waals surface area contributed by atoms with Gasteiger partial charge in [-0.15, -0.1) is 0 Å². The first kappa shape index (κ1) is 15.1. The van der Waals surface area contributed by atoms with Gasteiger partial charge in [-0.2, -0.15) is 13.2 Å². The van der Waals surface area contributed by atoms with Crippen molar-refractivity contribution in [1.29, 1.82) is 0 Å². The van der Waals surface area contributed by atoms with Crippen molar-refractivity contribution in [3.63, 3.8) is 0 Å². The van der Waals surface area contributed by atoms with E-state index in [1.54, 1.807) is 0 Å². The highest BCUT2D eigenvalue weighted by Crippen LogP contribution is 2.47. The van der Waals surface area contributed by atoms with Crippen LogP contribution in [0.1, 0.15) is 64.7 Å². The standard InChI is InChI=1S/C15H25F3O/c1-2-11-3-5-12(6-4-11)14(19)9-7-13(8-10-14)15(16,17)18/h11-13,19H,2-10H2,1H3. The van der Waals surface area contributed by atoms with E-state index in [1.807, 2.05) is 0 Å². The molecule has 2 saturated carbocycles. The van der Waals surface area contributed by atoms with Crippen LogP contribution < -0.4 is 0 Å². The zero-order chi connectivity index (χ0) is 14.1. The van der Waals surface area contributed by atoms with Crippen LogP contribution in [0.3, 0.4) is 0 Å². The Labute approximate surface area is 113 Å². The molecule has 0 atom stereocenters. The molecule has 2 aliphatic carbocycles. The molecule has 0 spiro atoms. The Morgan fingerprint density at radius 3 is 1.95 bits per heavy atom. The molecule has 0 saturated heterocycles. The lowest BCUT2D eigenvalue weighted by molar-refractivity contribution is -0.197. The zero-order valence-corrected chi connectivity index (χ0v) is 11.7. The second kappa shape index (κ2) is 5.63. The summed E-state index contributed by atoms with van der Waals surface area (Å²) < 4.78 is 38.0. The maximum absolute atomic E-state index is 12.7. The quantitative estimate of drug-likeness (QED) is 0.777. The van der Waals surface area contributed by atoms with Crippen molar-refractivity contribution < 1.29 is 18.3 Å². The lowest BCUT2D eigenvalue weighted by atomic mass is 9.66. The Balaban J connectivity index is 1.88. The highest BCUT2D eigenvalue weighted by atomic mass is 19.4. The van der Waals surface area contributed by atoms with Crippen LogP contribution in [0.5, 0.6) is 0 Å². The summed E-state index contributed by atoms with van der Waals surface area (Å²) in [5, 5.41) is 10.7. The molecule has 0 aromatic carbocycles. The van der Waals surface area contributed by atoms with Crippen molar-refractivity contribution >= 4 is 0 Å². The zero-order valence-electron chi connectivity index (χ0n) is 11.7. The molecule has 0 bridgehead atoms. The number of hydrogen-bond acceptors (Lipinski definition) is 1. The predicted octanol–water partition coefficient (Wildman–Crippen LogP) is 4.69. The molecule has 0 heterocycles. The van der Waals surface area contributed by atoms with Gasteiger partial charge in [0.25, 0.3) is 0 Å². The van der Waals surface area contributed by atoms with E-state index in [0.29, 0.717) is 12.8 Å². The first-order chi connectivity index (χ1) is 8.85. The molecule has 2 aliphatic rings. The summed E-state index contributed by atoms with van der Waals surface area (Å²) in [4.78, 5) is 0. The van der Waals surface area contributed by atoms with E-state index in [2.05, 4.69) is 6.92 Å². The number of aliphatic hydroxyl groups is 1. The van der Waals surface area contributed by atoms with E-state index in [-0.39, 0.29) is 18.8 Å². The second-order valence-electron chi connectivity index (χ2n) is 6.55. The minimum atomic E-state index is -4.08. The lowest BCUT2D eigenvalue weighted by Gasteiger charge is -2.44. The molecule has 1 nitrogen and oxygen atoms in total. The summed E-state index contributed by atoms with van der Waals surface area (Å²) >= 11 is 0. The minimum Gasteiger partial charge on any atom is -0.390 e. The fraction of sp³-hybridized carbons (Fsp3) is 1.00. The van der Waals surface area contributed by atoms with E-state index in [0.717, 1.165) is 31.6 Å².